The predicted octanol–water partition coefficient (Wildman–Crippen LogP) is 4.15. The summed E-state index contributed by atoms with van der Waals surface area (Å²) in [6.45, 7) is 4.42. The maximum Gasteiger partial charge on any atom is 0.0462 e. The molecule has 3 N–H and O–H groups in total. The Balaban J connectivity index is 2.36. The highest BCUT2D eigenvalue weighted by molar-refractivity contribution is 9.10. The zero-order valence-electron chi connectivity index (χ0n) is 10.8. The minimum atomic E-state index is 0.220. The molecule has 0 saturated heterocycles. The van der Waals surface area contributed by atoms with Crippen molar-refractivity contribution in [2.75, 3.05) is 0 Å². The monoisotopic (exact) mass is 306 g/mol. The molecule has 0 saturated carbocycles. The van der Waals surface area contributed by atoms with Crippen LogP contribution in [0.15, 0.2) is 40.9 Å². The molecule has 3 heteroatoms. The van der Waals surface area contributed by atoms with Crippen molar-refractivity contribution < 1.29 is 0 Å². The van der Waals surface area contributed by atoms with Gasteiger partial charge in [0.15, 0.2) is 0 Å². The summed E-state index contributed by atoms with van der Waals surface area (Å²) in [6.07, 6.45) is 1.04. The summed E-state index contributed by atoms with van der Waals surface area (Å²) in [7, 11) is 0. The summed E-state index contributed by atoms with van der Waals surface area (Å²) < 4.78 is 1.11. The number of benzene rings is 2. The first-order valence-electron chi connectivity index (χ1n) is 6.25. The van der Waals surface area contributed by atoms with E-state index >= 15 is 0 Å². The minimum absolute atomic E-state index is 0.220. The van der Waals surface area contributed by atoms with Crippen LogP contribution in [-0.4, -0.2) is 0 Å². The molecule has 0 aliphatic rings. The van der Waals surface area contributed by atoms with E-state index in [9.17, 15) is 0 Å². The molecule has 0 bridgehead atoms. The van der Waals surface area contributed by atoms with Gasteiger partial charge >= 0.3 is 0 Å². The molecular weight excluding hydrogens is 288 g/mol. The van der Waals surface area contributed by atoms with Crippen LogP contribution in [0.1, 0.15) is 31.9 Å². The lowest BCUT2D eigenvalue weighted by atomic mass is 9.95. The van der Waals surface area contributed by atoms with E-state index in [2.05, 4.69) is 71.6 Å². The van der Waals surface area contributed by atoms with Gasteiger partial charge in [-0.15, -0.1) is 0 Å². The molecule has 0 aliphatic carbocycles. The van der Waals surface area contributed by atoms with Crippen LogP contribution in [0, 0.1) is 5.92 Å². The summed E-state index contributed by atoms with van der Waals surface area (Å²) in [5, 5.41) is 2.49. The molecule has 2 nitrogen and oxygen atoms in total. The van der Waals surface area contributed by atoms with Crippen LogP contribution >= 0.6 is 15.9 Å². The van der Waals surface area contributed by atoms with Crippen molar-refractivity contribution in [3.63, 3.8) is 0 Å². The highest BCUT2D eigenvalue weighted by Crippen LogP contribution is 2.26. The molecule has 0 amide bonds. The van der Waals surface area contributed by atoms with Gasteiger partial charge in [0.25, 0.3) is 0 Å². The van der Waals surface area contributed by atoms with Crippen LogP contribution in [0.3, 0.4) is 0 Å². The van der Waals surface area contributed by atoms with Crippen molar-refractivity contribution in [1.82, 2.24) is 5.43 Å². The highest BCUT2D eigenvalue weighted by Gasteiger charge is 2.11. The fourth-order valence-electron chi connectivity index (χ4n) is 2.22. The first-order chi connectivity index (χ1) is 8.60. The van der Waals surface area contributed by atoms with E-state index in [1.54, 1.807) is 0 Å². The highest BCUT2D eigenvalue weighted by atomic mass is 79.9. The first kappa shape index (κ1) is 13.5. The molecule has 2 aromatic carbocycles. The van der Waals surface area contributed by atoms with Crippen molar-refractivity contribution in [2.45, 2.75) is 26.3 Å². The third-order valence-corrected chi connectivity index (χ3v) is 3.63. The Bertz CT molecular complexity index is 537. The van der Waals surface area contributed by atoms with Gasteiger partial charge < -0.3 is 0 Å². The quantitative estimate of drug-likeness (QED) is 0.658. The van der Waals surface area contributed by atoms with Gasteiger partial charge in [-0.2, -0.15) is 0 Å². The second-order valence-electron chi connectivity index (χ2n) is 5.10. The lowest BCUT2D eigenvalue weighted by molar-refractivity contribution is 0.438. The van der Waals surface area contributed by atoms with E-state index < -0.39 is 0 Å². The largest absolute Gasteiger partial charge is 0.271 e. The maximum atomic E-state index is 5.66. The summed E-state index contributed by atoms with van der Waals surface area (Å²) in [5.41, 5.74) is 4.17. The van der Waals surface area contributed by atoms with Gasteiger partial charge in [0.1, 0.15) is 0 Å². The Morgan fingerprint density at radius 3 is 2.44 bits per heavy atom. The standard InChI is InChI=1S/C15H19BrN2/c1-10(2)7-15(18-17)13-4-3-12-9-14(16)6-5-11(12)8-13/h3-6,8-10,15,18H,7,17H2,1-2H3. The fraction of sp³-hybridized carbons (Fsp3) is 0.333. The van der Waals surface area contributed by atoms with Crippen LogP contribution in [0.5, 0.6) is 0 Å². The lowest BCUT2D eigenvalue weighted by Crippen LogP contribution is -2.29. The summed E-state index contributed by atoms with van der Waals surface area (Å²) in [4.78, 5) is 0. The summed E-state index contributed by atoms with van der Waals surface area (Å²) in [6, 6.07) is 13.1. The van der Waals surface area contributed by atoms with E-state index in [0.717, 1.165) is 10.9 Å². The molecule has 0 aromatic heterocycles. The molecule has 1 atom stereocenters. The van der Waals surface area contributed by atoms with Gasteiger partial charge in [-0.25, -0.2) is 0 Å². The third-order valence-electron chi connectivity index (χ3n) is 3.14. The number of nitrogens with one attached hydrogen (secondary N) is 1. The van der Waals surface area contributed by atoms with Crippen molar-refractivity contribution in [3.05, 3.63) is 46.4 Å². The zero-order chi connectivity index (χ0) is 13.1. The van der Waals surface area contributed by atoms with E-state index in [1.807, 2.05) is 0 Å². The van der Waals surface area contributed by atoms with Crippen LogP contribution in [-0.2, 0) is 0 Å². The third kappa shape index (κ3) is 3.10. The Labute approximate surface area is 117 Å². The van der Waals surface area contributed by atoms with E-state index in [0.29, 0.717) is 5.92 Å². The molecule has 2 aromatic rings. The van der Waals surface area contributed by atoms with Crippen molar-refractivity contribution >= 4 is 26.7 Å². The smallest absolute Gasteiger partial charge is 0.0462 e. The Hall–Kier alpha value is -0.900. The number of halogens is 1. The fourth-order valence-corrected chi connectivity index (χ4v) is 2.60. The van der Waals surface area contributed by atoms with Crippen LogP contribution in [0.25, 0.3) is 10.8 Å². The van der Waals surface area contributed by atoms with Gasteiger partial charge in [-0.05, 0) is 46.9 Å². The lowest BCUT2D eigenvalue weighted by Gasteiger charge is -2.19. The van der Waals surface area contributed by atoms with Crippen LogP contribution < -0.4 is 11.3 Å². The molecule has 0 aliphatic heterocycles. The second-order valence-corrected chi connectivity index (χ2v) is 6.02. The van der Waals surface area contributed by atoms with Gasteiger partial charge in [0, 0.05) is 10.5 Å². The molecule has 0 spiro atoms. The predicted molar refractivity (Wildman–Crippen MR) is 81.2 cm³/mol. The number of rotatable bonds is 4. The SMILES string of the molecule is CC(C)CC(NN)c1ccc2cc(Br)ccc2c1. The van der Waals surface area contributed by atoms with Gasteiger partial charge in [-0.1, -0.05) is 48.0 Å². The number of hydrogen-bond acceptors (Lipinski definition) is 2. The van der Waals surface area contributed by atoms with E-state index in [-0.39, 0.29) is 6.04 Å². The van der Waals surface area contributed by atoms with Gasteiger partial charge in [0.05, 0.1) is 0 Å². The summed E-state index contributed by atoms with van der Waals surface area (Å²) >= 11 is 3.49. The molecule has 0 fully saturated rings. The summed E-state index contributed by atoms with van der Waals surface area (Å²) in [5.74, 6) is 6.28. The first-order valence-corrected chi connectivity index (χ1v) is 7.05. The minimum Gasteiger partial charge on any atom is -0.271 e. The van der Waals surface area contributed by atoms with Crippen molar-refractivity contribution in [2.24, 2.45) is 11.8 Å². The average molecular weight is 307 g/mol. The van der Waals surface area contributed by atoms with Gasteiger partial charge in [0.2, 0.25) is 0 Å². The molecular formula is C15H19BrN2. The second kappa shape index (κ2) is 5.83. The Morgan fingerprint density at radius 2 is 1.78 bits per heavy atom. The number of hydrogen-bond donors (Lipinski definition) is 2. The van der Waals surface area contributed by atoms with Crippen molar-refractivity contribution in [3.8, 4) is 0 Å². The van der Waals surface area contributed by atoms with Crippen molar-refractivity contribution in [1.29, 1.82) is 0 Å². The zero-order valence-corrected chi connectivity index (χ0v) is 12.4. The topological polar surface area (TPSA) is 38.0 Å². The maximum absolute atomic E-state index is 5.66. The molecule has 2 rings (SSSR count). The Morgan fingerprint density at radius 1 is 1.11 bits per heavy atom. The normalized spacial score (nSPS) is 13.2. The molecule has 1 unspecified atom stereocenters. The number of hydrazine groups is 1. The Kier molecular flexibility index (Phi) is 4.38. The number of fused-ring (bicyclic) bond motifs is 1. The van der Waals surface area contributed by atoms with E-state index in [4.69, 9.17) is 5.84 Å². The van der Waals surface area contributed by atoms with Gasteiger partial charge in [-0.3, -0.25) is 11.3 Å². The molecule has 0 heterocycles. The van der Waals surface area contributed by atoms with Crippen LogP contribution in [0.4, 0.5) is 0 Å². The molecule has 96 valence electrons. The van der Waals surface area contributed by atoms with E-state index in [1.165, 1.54) is 16.3 Å². The molecule has 18 heavy (non-hydrogen) atoms. The van der Waals surface area contributed by atoms with Crippen LogP contribution in [0.2, 0.25) is 0 Å². The molecule has 0 radical (unpaired) electrons. The average Bonchev–Trinajstić information content (AvgIpc) is 2.35. The number of nitrogens with two attached hydrogens (primary N) is 1.